The molecule has 4 nitrogen and oxygen atoms in total. The van der Waals surface area contributed by atoms with Crippen LogP contribution < -0.4 is 11.3 Å². The Morgan fingerprint density at radius 1 is 1.26 bits per heavy atom. The van der Waals surface area contributed by atoms with E-state index in [1.165, 1.54) is 0 Å². The number of nitrogens with one attached hydrogen (secondary N) is 1. The van der Waals surface area contributed by atoms with Gasteiger partial charge >= 0.3 is 0 Å². The molecule has 0 radical (unpaired) electrons. The SMILES string of the molecule is Cn1cc(CC(Cc2ccc(Cl)c(Cl)c2)NN)cn1. The maximum atomic E-state index is 6.01. The second kappa shape index (κ2) is 6.39. The van der Waals surface area contributed by atoms with Gasteiger partial charge in [0.05, 0.1) is 16.2 Å². The van der Waals surface area contributed by atoms with Crippen LogP contribution in [0.15, 0.2) is 30.6 Å². The van der Waals surface area contributed by atoms with Crippen molar-refractivity contribution in [3.05, 3.63) is 51.8 Å². The van der Waals surface area contributed by atoms with Gasteiger partial charge in [0, 0.05) is 19.3 Å². The lowest BCUT2D eigenvalue weighted by Gasteiger charge is -2.15. The maximum absolute atomic E-state index is 6.01. The van der Waals surface area contributed by atoms with Crippen LogP contribution >= 0.6 is 23.2 Å². The summed E-state index contributed by atoms with van der Waals surface area (Å²) < 4.78 is 1.78. The number of hydrogen-bond acceptors (Lipinski definition) is 3. The number of nitrogens with two attached hydrogens (primary N) is 1. The molecular formula is C13H16Cl2N4. The van der Waals surface area contributed by atoms with Crippen molar-refractivity contribution in [2.75, 3.05) is 0 Å². The minimum atomic E-state index is 0.126. The fourth-order valence-corrected chi connectivity index (χ4v) is 2.32. The number of halogens is 2. The van der Waals surface area contributed by atoms with Gasteiger partial charge in [-0.3, -0.25) is 16.0 Å². The molecule has 19 heavy (non-hydrogen) atoms. The zero-order valence-corrected chi connectivity index (χ0v) is 12.1. The highest BCUT2D eigenvalue weighted by atomic mass is 35.5. The Kier molecular flexibility index (Phi) is 4.82. The van der Waals surface area contributed by atoms with Gasteiger partial charge in [-0.1, -0.05) is 29.3 Å². The smallest absolute Gasteiger partial charge is 0.0595 e. The lowest BCUT2D eigenvalue weighted by Crippen LogP contribution is -2.38. The van der Waals surface area contributed by atoms with Crippen molar-refractivity contribution in [1.82, 2.24) is 15.2 Å². The van der Waals surface area contributed by atoms with Crippen LogP contribution in [0.5, 0.6) is 0 Å². The minimum absolute atomic E-state index is 0.126. The molecule has 1 aromatic heterocycles. The molecular weight excluding hydrogens is 283 g/mol. The zero-order chi connectivity index (χ0) is 13.8. The highest BCUT2D eigenvalue weighted by Gasteiger charge is 2.11. The van der Waals surface area contributed by atoms with Gasteiger partial charge in [0.25, 0.3) is 0 Å². The second-order valence-electron chi connectivity index (χ2n) is 4.54. The summed E-state index contributed by atoms with van der Waals surface area (Å²) >= 11 is 11.9. The number of aromatic nitrogens is 2. The second-order valence-corrected chi connectivity index (χ2v) is 5.36. The third kappa shape index (κ3) is 3.94. The Hall–Kier alpha value is -1.07. The van der Waals surface area contributed by atoms with E-state index in [1.54, 1.807) is 10.7 Å². The topological polar surface area (TPSA) is 55.9 Å². The van der Waals surface area contributed by atoms with Crippen LogP contribution in [-0.2, 0) is 19.9 Å². The first-order valence-corrected chi connectivity index (χ1v) is 6.71. The molecule has 1 heterocycles. The van der Waals surface area contributed by atoms with Gasteiger partial charge in [-0.25, -0.2) is 0 Å². The summed E-state index contributed by atoms with van der Waals surface area (Å²) in [5, 5.41) is 5.28. The number of aryl methyl sites for hydroxylation is 1. The average Bonchev–Trinajstić information content (AvgIpc) is 2.78. The van der Waals surface area contributed by atoms with Gasteiger partial charge in [-0.2, -0.15) is 5.10 Å². The van der Waals surface area contributed by atoms with Gasteiger partial charge < -0.3 is 0 Å². The molecule has 102 valence electrons. The van der Waals surface area contributed by atoms with Gasteiger partial charge in [0.1, 0.15) is 0 Å². The van der Waals surface area contributed by atoms with Crippen molar-refractivity contribution in [3.8, 4) is 0 Å². The Bertz CT molecular complexity index is 553. The molecule has 0 aliphatic carbocycles. The van der Waals surface area contributed by atoms with Crippen LogP contribution in [0.25, 0.3) is 0 Å². The van der Waals surface area contributed by atoms with Crippen molar-refractivity contribution in [3.63, 3.8) is 0 Å². The van der Waals surface area contributed by atoms with E-state index in [2.05, 4.69) is 10.5 Å². The molecule has 2 aromatic rings. The summed E-state index contributed by atoms with van der Waals surface area (Å²) in [6.07, 6.45) is 5.42. The zero-order valence-electron chi connectivity index (χ0n) is 10.6. The largest absolute Gasteiger partial charge is 0.276 e. The van der Waals surface area contributed by atoms with Crippen molar-refractivity contribution in [2.24, 2.45) is 12.9 Å². The number of benzene rings is 1. The molecule has 0 amide bonds. The predicted molar refractivity (Wildman–Crippen MR) is 78.2 cm³/mol. The van der Waals surface area contributed by atoms with Crippen molar-refractivity contribution >= 4 is 23.2 Å². The highest BCUT2D eigenvalue weighted by molar-refractivity contribution is 6.42. The van der Waals surface area contributed by atoms with Crippen molar-refractivity contribution in [1.29, 1.82) is 0 Å². The maximum Gasteiger partial charge on any atom is 0.0595 e. The summed E-state index contributed by atoms with van der Waals surface area (Å²) in [5.41, 5.74) is 5.07. The predicted octanol–water partition coefficient (Wildman–Crippen LogP) is 2.34. The molecule has 0 spiro atoms. The van der Waals surface area contributed by atoms with Gasteiger partial charge in [0.2, 0.25) is 0 Å². The van der Waals surface area contributed by atoms with E-state index >= 15 is 0 Å². The summed E-state index contributed by atoms with van der Waals surface area (Å²) in [4.78, 5) is 0. The van der Waals surface area contributed by atoms with Crippen LogP contribution in [-0.4, -0.2) is 15.8 Å². The van der Waals surface area contributed by atoms with Gasteiger partial charge in [-0.15, -0.1) is 0 Å². The first kappa shape index (κ1) is 14.3. The van der Waals surface area contributed by atoms with Crippen LogP contribution in [0.4, 0.5) is 0 Å². The Labute approximate surface area is 122 Å². The average molecular weight is 299 g/mol. The molecule has 6 heteroatoms. The third-order valence-corrected chi connectivity index (χ3v) is 3.68. The summed E-state index contributed by atoms with van der Waals surface area (Å²) in [6.45, 7) is 0. The van der Waals surface area contributed by atoms with Crippen molar-refractivity contribution < 1.29 is 0 Å². The van der Waals surface area contributed by atoms with Crippen LogP contribution in [0.3, 0.4) is 0 Å². The molecule has 0 aliphatic heterocycles. The van der Waals surface area contributed by atoms with E-state index < -0.39 is 0 Å². The van der Waals surface area contributed by atoms with Crippen LogP contribution in [0.2, 0.25) is 10.0 Å². The third-order valence-electron chi connectivity index (χ3n) is 2.94. The van der Waals surface area contributed by atoms with Gasteiger partial charge in [0.15, 0.2) is 0 Å². The molecule has 2 rings (SSSR count). The van der Waals surface area contributed by atoms with Crippen LogP contribution in [0.1, 0.15) is 11.1 Å². The lowest BCUT2D eigenvalue weighted by molar-refractivity contribution is 0.522. The van der Waals surface area contributed by atoms with E-state index in [0.717, 1.165) is 24.0 Å². The van der Waals surface area contributed by atoms with E-state index in [-0.39, 0.29) is 6.04 Å². The number of nitrogens with zero attached hydrogens (tertiary/aromatic N) is 2. The van der Waals surface area contributed by atoms with Gasteiger partial charge in [-0.05, 0) is 36.1 Å². The standard InChI is InChI=1S/C13H16Cl2N4/c1-19-8-10(7-17-19)5-11(18-16)4-9-2-3-12(14)13(15)6-9/h2-3,6-8,11,18H,4-5,16H2,1H3. The van der Waals surface area contributed by atoms with Crippen LogP contribution in [0, 0.1) is 0 Å². The molecule has 0 bridgehead atoms. The number of rotatable bonds is 5. The summed E-state index contributed by atoms with van der Waals surface area (Å²) in [7, 11) is 1.90. The first-order valence-electron chi connectivity index (χ1n) is 5.96. The highest BCUT2D eigenvalue weighted by Crippen LogP contribution is 2.23. The molecule has 1 unspecified atom stereocenters. The molecule has 1 atom stereocenters. The summed E-state index contributed by atoms with van der Waals surface area (Å²) in [5.74, 6) is 5.61. The van der Waals surface area contributed by atoms with E-state index in [1.807, 2.05) is 31.6 Å². The van der Waals surface area contributed by atoms with E-state index in [9.17, 15) is 0 Å². The molecule has 0 aliphatic rings. The molecule has 0 saturated carbocycles. The number of hydrazine groups is 1. The Morgan fingerprint density at radius 2 is 2.00 bits per heavy atom. The number of hydrogen-bond donors (Lipinski definition) is 2. The lowest BCUT2D eigenvalue weighted by atomic mass is 10.0. The molecule has 0 fully saturated rings. The van der Waals surface area contributed by atoms with E-state index in [0.29, 0.717) is 10.0 Å². The first-order chi connectivity index (χ1) is 9.08. The summed E-state index contributed by atoms with van der Waals surface area (Å²) in [6, 6.07) is 5.76. The molecule has 0 saturated heterocycles. The molecule has 3 N–H and O–H groups in total. The molecule has 1 aromatic carbocycles. The minimum Gasteiger partial charge on any atom is -0.276 e. The quantitative estimate of drug-likeness (QED) is 0.658. The fraction of sp³-hybridized carbons (Fsp3) is 0.308. The van der Waals surface area contributed by atoms with Crippen molar-refractivity contribution in [2.45, 2.75) is 18.9 Å². The fourth-order valence-electron chi connectivity index (χ4n) is 2.00. The Balaban J connectivity index is 2.04. The Morgan fingerprint density at radius 3 is 2.58 bits per heavy atom. The monoisotopic (exact) mass is 298 g/mol. The van der Waals surface area contributed by atoms with E-state index in [4.69, 9.17) is 29.0 Å². The normalized spacial score (nSPS) is 12.6.